The normalized spacial score (nSPS) is 23.1. The molecule has 0 radical (unpaired) electrons. The van der Waals surface area contributed by atoms with Gasteiger partial charge < -0.3 is 0 Å². The van der Waals surface area contributed by atoms with Crippen molar-refractivity contribution >= 4 is 5.78 Å². The lowest BCUT2D eigenvalue weighted by Gasteiger charge is -2.27. The van der Waals surface area contributed by atoms with Crippen molar-refractivity contribution in [2.75, 3.05) is 0 Å². The van der Waals surface area contributed by atoms with E-state index in [-0.39, 0.29) is 5.41 Å². The maximum Gasteiger partial charge on any atom is 0.143 e. The van der Waals surface area contributed by atoms with Crippen LogP contribution < -0.4 is 0 Å². The summed E-state index contributed by atoms with van der Waals surface area (Å²) in [6.45, 7) is 6.16. The SMILES string of the molecule is CC.CCCC1(c2ccccc2)CCCC1=O. The number of carbonyl (C=O) groups excluding carboxylic acids is 1. The number of ketones is 1. The van der Waals surface area contributed by atoms with Crippen molar-refractivity contribution in [1.29, 1.82) is 0 Å². The zero-order chi connectivity index (χ0) is 12.7. The van der Waals surface area contributed by atoms with Gasteiger partial charge in [-0.3, -0.25) is 4.79 Å². The molecule has 1 fully saturated rings. The topological polar surface area (TPSA) is 17.1 Å². The van der Waals surface area contributed by atoms with Crippen LogP contribution >= 0.6 is 0 Å². The Labute approximate surface area is 105 Å². The summed E-state index contributed by atoms with van der Waals surface area (Å²) in [7, 11) is 0. The van der Waals surface area contributed by atoms with Gasteiger partial charge in [0, 0.05) is 6.42 Å². The summed E-state index contributed by atoms with van der Waals surface area (Å²) in [6, 6.07) is 10.3. The summed E-state index contributed by atoms with van der Waals surface area (Å²) < 4.78 is 0. The molecule has 1 unspecified atom stereocenters. The van der Waals surface area contributed by atoms with Crippen LogP contribution in [-0.2, 0) is 10.2 Å². The second-order valence-corrected chi connectivity index (χ2v) is 4.47. The fourth-order valence-corrected chi connectivity index (χ4v) is 2.83. The van der Waals surface area contributed by atoms with Gasteiger partial charge >= 0.3 is 0 Å². The molecule has 0 heterocycles. The van der Waals surface area contributed by atoms with E-state index in [1.807, 2.05) is 32.0 Å². The quantitative estimate of drug-likeness (QED) is 0.749. The third kappa shape index (κ3) is 2.77. The Balaban J connectivity index is 0.000000686. The van der Waals surface area contributed by atoms with Crippen molar-refractivity contribution in [3.63, 3.8) is 0 Å². The zero-order valence-corrected chi connectivity index (χ0v) is 11.3. The number of Topliss-reactive ketones (excluding diaryl/α,β-unsaturated/α-hetero) is 1. The maximum absolute atomic E-state index is 12.1. The van der Waals surface area contributed by atoms with E-state index in [4.69, 9.17) is 0 Å². The Morgan fingerprint density at radius 1 is 1.18 bits per heavy atom. The van der Waals surface area contributed by atoms with Gasteiger partial charge in [0.15, 0.2) is 0 Å². The van der Waals surface area contributed by atoms with Crippen molar-refractivity contribution in [3.05, 3.63) is 35.9 Å². The molecule has 1 aliphatic rings. The third-order valence-electron chi connectivity index (χ3n) is 3.54. The molecule has 2 rings (SSSR count). The van der Waals surface area contributed by atoms with E-state index in [0.29, 0.717) is 5.78 Å². The standard InChI is InChI=1S/C14H18O.C2H6/c1-2-10-14(11-6-9-13(14)15)12-7-4-3-5-8-12;1-2/h3-5,7-8H,2,6,9-11H2,1H3;1-2H3. The monoisotopic (exact) mass is 232 g/mol. The Bertz CT molecular complexity index is 342. The first-order valence-corrected chi connectivity index (χ1v) is 6.88. The molecule has 1 saturated carbocycles. The summed E-state index contributed by atoms with van der Waals surface area (Å²) in [6.07, 6.45) is 4.97. The van der Waals surface area contributed by atoms with Gasteiger partial charge in [-0.1, -0.05) is 57.5 Å². The van der Waals surface area contributed by atoms with Crippen LogP contribution in [0.25, 0.3) is 0 Å². The van der Waals surface area contributed by atoms with Crippen LogP contribution in [0.4, 0.5) is 0 Å². The molecule has 1 aromatic rings. The summed E-state index contributed by atoms with van der Waals surface area (Å²) in [5.74, 6) is 0.454. The Morgan fingerprint density at radius 2 is 1.82 bits per heavy atom. The smallest absolute Gasteiger partial charge is 0.143 e. The number of carbonyl (C=O) groups is 1. The first kappa shape index (κ1) is 14.0. The minimum absolute atomic E-state index is 0.143. The molecule has 0 spiro atoms. The van der Waals surface area contributed by atoms with Crippen LogP contribution in [0.2, 0.25) is 0 Å². The van der Waals surface area contributed by atoms with Crippen molar-refractivity contribution in [1.82, 2.24) is 0 Å². The fraction of sp³-hybridized carbons (Fsp3) is 0.562. The molecule has 0 saturated heterocycles. The highest BCUT2D eigenvalue weighted by Crippen LogP contribution is 2.41. The fourth-order valence-electron chi connectivity index (χ4n) is 2.83. The van der Waals surface area contributed by atoms with Gasteiger partial charge in [0.05, 0.1) is 5.41 Å². The molecule has 0 amide bonds. The molecule has 1 heteroatoms. The van der Waals surface area contributed by atoms with E-state index in [2.05, 4.69) is 19.1 Å². The van der Waals surface area contributed by atoms with E-state index in [1.54, 1.807) is 0 Å². The van der Waals surface area contributed by atoms with Gasteiger partial charge in [-0.25, -0.2) is 0 Å². The largest absolute Gasteiger partial charge is 0.299 e. The average Bonchev–Trinajstić information content (AvgIpc) is 2.76. The van der Waals surface area contributed by atoms with Crippen LogP contribution in [0.15, 0.2) is 30.3 Å². The molecular weight excluding hydrogens is 208 g/mol. The van der Waals surface area contributed by atoms with Crippen molar-refractivity contribution < 1.29 is 4.79 Å². The van der Waals surface area contributed by atoms with Gasteiger partial charge in [0.25, 0.3) is 0 Å². The van der Waals surface area contributed by atoms with E-state index in [9.17, 15) is 4.79 Å². The van der Waals surface area contributed by atoms with Crippen LogP contribution in [0.5, 0.6) is 0 Å². The number of hydrogen-bond donors (Lipinski definition) is 0. The highest BCUT2D eigenvalue weighted by atomic mass is 16.1. The maximum atomic E-state index is 12.1. The minimum atomic E-state index is -0.143. The van der Waals surface area contributed by atoms with E-state index < -0.39 is 0 Å². The predicted octanol–water partition coefficient (Wildman–Crippen LogP) is 4.50. The molecule has 0 aromatic heterocycles. The van der Waals surface area contributed by atoms with Gasteiger partial charge in [0.2, 0.25) is 0 Å². The summed E-state index contributed by atoms with van der Waals surface area (Å²) >= 11 is 0. The Kier molecular flexibility index (Phi) is 5.40. The first-order valence-electron chi connectivity index (χ1n) is 6.88. The molecular formula is C16H24O. The van der Waals surface area contributed by atoms with Crippen LogP contribution in [-0.4, -0.2) is 5.78 Å². The molecule has 0 N–H and O–H groups in total. The van der Waals surface area contributed by atoms with Gasteiger partial charge in [-0.15, -0.1) is 0 Å². The van der Waals surface area contributed by atoms with Crippen molar-refractivity contribution in [3.8, 4) is 0 Å². The van der Waals surface area contributed by atoms with Crippen LogP contribution in [0.3, 0.4) is 0 Å². The summed E-state index contributed by atoms with van der Waals surface area (Å²) in [5, 5.41) is 0. The summed E-state index contributed by atoms with van der Waals surface area (Å²) in [5.41, 5.74) is 1.09. The lowest BCUT2D eigenvalue weighted by atomic mass is 9.75. The number of benzene rings is 1. The molecule has 1 nitrogen and oxygen atoms in total. The minimum Gasteiger partial charge on any atom is -0.299 e. The highest BCUT2D eigenvalue weighted by molar-refractivity contribution is 5.92. The average molecular weight is 232 g/mol. The molecule has 1 aromatic carbocycles. The molecule has 0 bridgehead atoms. The second-order valence-electron chi connectivity index (χ2n) is 4.47. The van der Waals surface area contributed by atoms with E-state index in [0.717, 1.165) is 32.1 Å². The third-order valence-corrected chi connectivity index (χ3v) is 3.54. The summed E-state index contributed by atoms with van der Waals surface area (Å²) in [4.78, 5) is 12.1. The Hall–Kier alpha value is -1.11. The lowest BCUT2D eigenvalue weighted by Crippen LogP contribution is -2.30. The molecule has 0 aliphatic heterocycles. The first-order chi connectivity index (χ1) is 8.29. The highest BCUT2D eigenvalue weighted by Gasteiger charge is 2.42. The molecule has 1 atom stereocenters. The number of hydrogen-bond acceptors (Lipinski definition) is 1. The Morgan fingerprint density at radius 3 is 2.29 bits per heavy atom. The van der Waals surface area contributed by atoms with Gasteiger partial charge in [-0.05, 0) is 24.8 Å². The van der Waals surface area contributed by atoms with Crippen molar-refractivity contribution in [2.24, 2.45) is 0 Å². The molecule has 1 aliphatic carbocycles. The number of rotatable bonds is 3. The van der Waals surface area contributed by atoms with Crippen LogP contribution in [0, 0.1) is 0 Å². The lowest BCUT2D eigenvalue weighted by molar-refractivity contribution is -0.122. The molecule has 94 valence electrons. The van der Waals surface area contributed by atoms with Gasteiger partial charge in [-0.2, -0.15) is 0 Å². The van der Waals surface area contributed by atoms with Crippen LogP contribution in [0.1, 0.15) is 58.4 Å². The van der Waals surface area contributed by atoms with E-state index in [1.165, 1.54) is 5.56 Å². The van der Waals surface area contributed by atoms with Crippen molar-refractivity contribution in [2.45, 2.75) is 58.3 Å². The van der Waals surface area contributed by atoms with Gasteiger partial charge in [0.1, 0.15) is 5.78 Å². The molecule has 17 heavy (non-hydrogen) atoms. The predicted molar refractivity (Wildman–Crippen MR) is 73.2 cm³/mol. The zero-order valence-electron chi connectivity index (χ0n) is 11.3. The van der Waals surface area contributed by atoms with E-state index >= 15 is 0 Å². The second kappa shape index (κ2) is 6.58.